The summed E-state index contributed by atoms with van der Waals surface area (Å²) < 4.78 is 0. The van der Waals surface area contributed by atoms with Gasteiger partial charge in [-0.3, -0.25) is 4.79 Å². The third kappa shape index (κ3) is 2.98. The largest absolute Gasteiger partial charge is 0.341 e. The number of nitrogens with two attached hydrogens (primary N) is 1. The number of piperidine rings is 1. The van der Waals surface area contributed by atoms with Crippen LogP contribution in [0.25, 0.3) is 0 Å². The summed E-state index contributed by atoms with van der Waals surface area (Å²) in [6.45, 7) is 7.71. The summed E-state index contributed by atoms with van der Waals surface area (Å²) >= 11 is 0. The smallest absolute Gasteiger partial charge is 0.219 e. The third-order valence-electron chi connectivity index (χ3n) is 3.03. The summed E-state index contributed by atoms with van der Waals surface area (Å²) in [4.78, 5) is 13.0. The first-order chi connectivity index (χ1) is 6.50. The molecule has 2 unspecified atom stereocenters. The van der Waals surface area contributed by atoms with Crippen LogP contribution in [0.3, 0.4) is 0 Å². The molecule has 0 aliphatic carbocycles. The Hall–Kier alpha value is -0.570. The molecule has 0 aromatic heterocycles. The van der Waals surface area contributed by atoms with Crippen molar-refractivity contribution >= 4 is 5.91 Å². The summed E-state index contributed by atoms with van der Waals surface area (Å²) in [5.74, 6) is 1.46. The van der Waals surface area contributed by atoms with E-state index in [1.807, 2.05) is 4.90 Å². The molecule has 0 radical (unpaired) electrons. The Balaban J connectivity index is 2.43. The summed E-state index contributed by atoms with van der Waals surface area (Å²) in [7, 11) is 0. The molecule has 82 valence electrons. The van der Waals surface area contributed by atoms with Crippen molar-refractivity contribution < 1.29 is 4.79 Å². The molecule has 0 aromatic rings. The fraction of sp³-hybridized carbons (Fsp3) is 0.909. The Morgan fingerprint density at radius 2 is 2.21 bits per heavy atom. The number of carbonyl (C=O) groups is 1. The van der Waals surface area contributed by atoms with Crippen LogP contribution in [-0.4, -0.2) is 29.9 Å². The van der Waals surface area contributed by atoms with E-state index in [2.05, 4.69) is 13.8 Å². The van der Waals surface area contributed by atoms with Gasteiger partial charge in [-0.05, 0) is 24.7 Å². The van der Waals surface area contributed by atoms with Crippen molar-refractivity contribution in [1.82, 2.24) is 4.90 Å². The first kappa shape index (κ1) is 11.5. The van der Waals surface area contributed by atoms with Gasteiger partial charge in [-0.1, -0.05) is 13.8 Å². The molecule has 1 fully saturated rings. The lowest BCUT2D eigenvalue weighted by atomic mass is 9.85. The Labute approximate surface area is 86.6 Å². The molecule has 0 saturated carbocycles. The standard InChI is InChI=1S/C11H22N2O/c1-8(2)6-10-4-5-13(9(3)14)7-11(10)12/h8,10-11H,4-7,12H2,1-3H3. The van der Waals surface area contributed by atoms with Gasteiger partial charge in [0.2, 0.25) is 5.91 Å². The Morgan fingerprint density at radius 1 is 1.57 bits per heavy atom. The zero-order valence-electron chi connectivity index (χ0n) is 9.49. The lowest BCUT2D eigenvalue weighted by molar-refractivity contribution is -0.130. The van der Waals surface area contributed by atoms with Crippen LogP contribution in [0.2, 0.25) is 0 Å². The van der Waals surface area contributed by atoms with Gasteiger partial charge in [-0.25, -0.2) is 0 Å². The lowest BCUT2D eigenvalue weighted by Gasteiger charge is -2.37. The molecule has 1 aliphatic heterocycles. The zero-order chi connectivity index (χ0) is 10.7. The second kappa shape index (κ2) is 4.78. The summed E-state index contributed by atoms with van der Waals surface area (Å²) in [6, 6.07) is 0.176. The van der Waals surface area contributed by atoms with Gasteiger partial charge in [0, 0.05) is 26.1 Å². The van der Waals surface area contributed by atoms with E-state index in [-0.39, 0.29) is 11.9 Å². The molecule has 1 aliphatic rings. The minimum atomic E-state index is 0.156. The summed E-state index contributed by atoms with van der Waals surface area (Å²) in [6.07, 6.45) is 2.26. The number of hydrogen-bond donors (Lipinski definition) is 1. The van der Waals surface area contributed by atoms with Crippen LogP contribution >= 0.6 is 0 Å². The van der Waals surface area contributed by atoms with Gasteiger partial charge >= 0.3 is 0 Å². The fourth-order valence-corrected chi connectivity index (χ4v) is 2.21. The van der Waals surface area contributed by atoms with Crippen molar-refractivity contribution in [3.63, 3.8) is 0 Å². The van der Waals surface area contributed by atoms with Crippen molar-refractivity contribution in [2.24, 2.45) is 17.6 Å². The van der Waals surface area contributed by atoms with Crippen LogP contribution in [0.1, 0.15) is 33.6 Å². The van der Waals surface area contributed by atoms with Crippen molar-refractivity contribution in [3.05, 3.63) is 0 Å². The predicted molar refractivity (Wildman–Crippen MR) is 57.8 cm³/mol. The van der Waals surface area contributed by atoms with E-state index in [1.54, 1.807) is 6.92 Å². The van der Waals surface area contributed by atoms with Crippen molar-refractivity contribution in [2.45, 2.75) is 39.7 Å². The third-order valence-corrected chi connectivity index (χ3v) is 3.03. The van der Waals surface area contributed by atoms with E-state index in [4.69, 9.17) is 5.73 Å². The molecule has 1 saturated heterocycles. The van der Waals surface area contributed by atoms with Crippen LogP contribution in [0, 0.1) is 11.8 Å². The highest BCUT2D eigenvalue weighted by Crippen LogP contribution is 2.23. The van der Waals surface area contributed by atoms with Gasteiger partial charge in [-0.15, -0.1) is 0 Å². The van der Waals surface area contributed by atoms with Crippen LogP contribution in [0.4, 0.5) is 0 Å². The molecule has 0 spiro atoms. The van der Waals surface area contributed by atoms with E-state index < -0.39 is 0 Å². The van der Waals surface area contributed by atoms with Crippen LogP contribution < -0.4 is 5.73 Å². The van der Waals surface area contributed by atoms with E-state index in [0.29, 0.717) is 11.8 Å². The molecule has 3 nitrogen and oxygen atoms in total. The molecule has 14 heavy (non-hydrogen) atoms. The highest BCUT2D eigenvalue weighted by Gasteiger charge is 2.27. The average molecular weight is 198 g/mol. The number of amides is 1. The van der Waals surface area contributed by atoms with E-state index in [1.165, 1.54) is 6.42 Å². The predicted octanol–water partition coefficient (Wildman–Crippen LogP) is 1.23. The van der Waals surface area contributed by atoms with Crippen LogP contribution in [0.5, 0.6) is 0 Å². The fourth-order valence-electron chi connectivity index (χ4n) is 2.21. The summed E-state index contributed by atoms with van der Waals surface area (Å²) in [5.41, 5.74) is 6.06. The van der Waals surface area contributed by atoms with E-state index >= 15 is 0 Å². The summed E-state index contributed by atoms with van der Waals surface area (Å²) in [5, 5.41) is 0. The number of hydrogen-bond acceptors (Lipinski definition) is 2. The highest BCUT2D eigenvalue weighted by molar-refractivity contribution is 5.73. The maximum Gasteiger partial charge on any atom is 0.219 e. The molecule has 2 N–H and O–H groups in total. The number of nitrogens with zero attached hydrogens (tertiary/aromatic N) is 1. The normalized spacial score (nSPS) is 28.2. The number of carbonyl (C=O) groups excluding carboxylic acids is 1. The quantitative estimate of drug-likeness (QED) is 0.725. The molecule has 1 rings (SSSR count). The van der Waals surface area contributed by atoms with Crippen molar-refractivity contribution in [3.8, 4) is 0 Å². The van der Waals surface area contributed by atoms with Crippen LogP contribution in [0.15, 0.2) is 0 Å². The number of rotatable bonds is 2. The molecule has 1 amide bonds. The average Bonchev–Trinajstić information content (AvgIpc) is 2.07. The highest BCUT2D eigenvalue weighted by atomic mass is 16.2. The zero-order valence-corrected chi connectivity index (χ0v) is 9.49. The van der Waals surface area contributed by atoms with Crippen molar-refractivity contribution in [1.29, 1.82) is 0 Å². The first-order valence-corrected chi connectivity index (χ1v) is 5.51. The van der Waals surface area contributed by atoms with Crippen molar-refractivity contribution in [2.75, 3.05) is 13.1 Å². The molecule has 3 heteroatoms. The van der Waals surface area contributed by atoms with Gasteiger partial charge < -0.3 is 10.6 Å². The second-order valence-electron chi connectivity index (χ2n) is 4.81. The maximum absolute atomic E-state index is 11.1. The first-order valence-electron chi connectivity index (χ1n) is 5.51. The molecule has 1 heterocycles. The molecular weight excluding hydrogens is 176 g/mol. The minimum absolute atomic E-state index is 0.156. The van der Waals surface area contributed by atoms with Gasteiger partial charge in [-0.2, -0.15) is 0 Å². The molecular formula is C11H22N2O. The van der Waals surface area contributed by atoms with Gasteiger partial charge in [0.05, 0.1) is 0 Å². The maximum atomic E-state index is 11.1. The van der Waals surface area contributed by atoms with Gasteiger partial charge in [0.25, 0.3) is 0 Å². The van der Waals surface area contributed by atoms with Gasteiger partial charge in [0.15, 0.2) is 0 Å². The number of likely N-dealkylation sites (tertiary alicyclic amines) is 1. The van der Waals surface area contributed by atoms with Gasteiger partial charge in [0.1, 0.15) is 0 Å². The SMILES string of the molecule is CC(=O)N1CCC(CC(C)C)C(N)C1. The second-order valence-corrected chi connectivity index (χ2v) is 4.81. The molecule has 2 atom stereocenters. The Bertz CT molecular complexity index is 203. The molecule has 0 bridgehead atoms. The van der Waals surface area contributed by atoms with Crippen LogP contribution in [-0.2, 0) is 4.79 Å². The topological polar surface area (TPSA) is 46.3 Å². The lowest BCUT2D eigenvalue weighted by Crippen LogP contribution is -2.50. The van der Waals surface area contributed by atoms with E-state index in [9.17, 15) is 4.79 Å². The Kier molecular flexibility index (Phi) is 3.93. The minimum Gasteiger partial charge on any atom is -0.341 e. The van der Waals surface area contributed by atoms with E-state index in [0.717, 1.165) is 19.5 Å². The monoisotopic (exact) mass is 198 g/mol. The molecule has 0 aromatic carbocycles. The Morgan fingerprint density at radius 3 is 2.64 bits per heavy atom.